The van der Waals surface area contributed by atoms with Gasteiger partial charge in [0, 0.05) is 16.5 Å². The average Bonchev–Trinajstić information content (AvgIpc) is 3.14. The van der Waals surface area contributed by atoms with E-state index in [4.69, 9.17) is 16.0 Å². The zero-order valence-electron chi connectivity index (χ0n) is 14.7. The largest absolute Gasteiger partial charge is 0.455 e. The van der Waals surface area contributed by atoms with E-state index in [1.54, 1.807) is 36.4 Å². The standard InChI is InChI=1S/C21H20ClNO3S/c22-17-9-4-10-19(14-17)27(25)15-18-11-12-20(26-18)21(24)23-13-5-8-16-6-2-1-3-7-16/h1-4,6-7,9-12,14H,5,8,13,15H2,(H,23,24)/t27-/m1/s1. The van der Waals surface area contributed by atoms with Crippen LogP contribution in [-0.4, -0.2) is 16.7 Å². The molecule has 1 N–H and O–H groups in total. The molecule has 0 spiro atoms. The van der Waals surface area contributed by atoms with Crippen molar-refractivity contribution < 1.29 is 13.4 Å². The second-order valence-corrected chi connectivity index (χ2v) is 7.95. The van der Waals surface area contributed by atoms with E-state index in [9.17, 15) is 9.00 Å². The summed E-state index contributed by atoms with van der Waals surface area (Å²) in [4.78, 5) is 12.8. The van der Waals surface area contributed by atoms with Crippen LogP contribution in [0.15, 0.2) is 76.0 Å². The second kappa shape index (κ2) is 9.53. The van der Waals surface area contributed by atoms with Crippen molar-refractivity contribution >= 4 is 28.3 Å². The number of hydrogen-bond donors (Lipinski definition) is 1. The zero-order chi connectivity index (χ0) is 19.1. The summed E-state index contributed by atoms with van der Waals surface area (Å²) in [6.45, 7) is 0.568. The van der Waals surface area contributed by atoms with Crippen molar-refractivity contribution in [3.05, 3.63) is 88.8 Å². The first-order chi connectivity index (χ1) is 13.1. The van der Waals surface area contributed by atoms with Crippen molar-refractivity contribution in [3.8, 4) is 0 Å². The van der Waals surface area contributed by atoms with Crippen molar-refractivity contribution in [1.29, 1.82) is 0 Å². The van der Waals surface area contributed by atoms with Crippen molar-refractivity contribution in [2.75, 3.05) is 6.54 Å². The summed E-state index contributed by atoms with van der Waals surface area (Å²) >= 11 is 5.93. The lowest BCUT2D eigenvalue weighted by atomic mass is 10.1. The molecule has 1 aromatic heterocycles. The Hall–Kier alpha value is -2.37. The third kappa shape index (κ3) is 5.81. The molecule has 0 aliphatic heterocycles. The minimum Gasteiger partial charge on any atom is -0.455 e. The van der Waals surface area contributed by atoms with Crippen molar-refractivity contribution in [3.63, 3.8) is 0 Å². The van der Waals surface area contributed by atoms with E-state index in [0.29, 0.717) is 22.2 Å². The number of aryl methyl sites for hydroxylation is 1. The van der Waals surface area contributed by atoms with Gasteiger partial charge in [0.1, 0.15) is 5.76 Å². The highest BCUT2D eigenvalue weighted by Gasteiger charge is 2.13. The lowest BCUT2D eigenvalue weighted by Gasteiger charge is -2.04. The van der Waals surface area contributed by atoms with Crippen LogP contribution in [-0.2, 0) is 23.0 Å². The number of rotatable bonds is 8. The minimum absolute atomic E-state index is 0.196. The van der Waals surface area contributed by atoms with Crippen LogP contribution in [0.2, 0.25) is 5.02 Å². The molecule has 1 heterocycles. The molecule has 0 aliphatic rings. The van der Waals surface area contributed by atoms with Gasteiger partial charge in [0.25, 0.3) is 5.91 Å². The molecule has 0 fully saturated rings. The molecule has 3 rings (SSSR count). The van der Waals surface area contributed by atoms with Crippen LogP contribution >= 0.6 is 11.6 Å². The monoisotopic (exact) mass is 401 g/mol. The molecule has 1 atom stereocenters. The lowest BCUT2D eigenvalue weighted by Crippen LogP contribution is -2.24. The maximum absolute atomic E-state index is 12.4. The Morgan fingerprint density at radius 1 is 1.04 bits per heavy atom. The number of carbonyl (C=O) groups excluding carboxylic acids is 1. The van der Waals surface area contributed by atoms with Crippen LogP contribution in [0.4, 0.5) is 0 Å². The van der Waals surface area contributed by atoms with Gasteiger partial charge in [-0.15, -0.1) is 0 Å². The number of halogens is 1. The van der Waals surface area contributed by atoms with Gasteiger partial charge in [-0.3, -0.25) is 9.00 Å². The maximum atomic E-state index is 12.4. The van der Waals surface area contributed by atoms with Gasteiger partial charge in [0.15, 0.2) is 5.76 Å². The number of amides is 1. The molecule has 0 aliphatic carbocycles. The fraction of sp³-hybridized carbons (Fsp3) is 0.190. The summed E-state index contributed by atoms with van der Waals surface area (Å²) in [5.41, 5.74) is 1.25. The van der Waals surface area contributed by atoms with Gasteiger partial charge in [-0.25, -0.2) is 0 Å². The Morgan fingerprint density at radius 2 is 1.85 bits per heavy atom. The highest BCUT2D eigenvalue weighted by atomic mass is 35.5. The zero-order valence-corrected chi connectivity index (χ0v) is 16.3. The molecular formula is C21H20ClNO3S. The van der Waals surface area contributed by atoms with E-state index >= 15 is 0 Å². The number of hydrogen-bond acceptors (Lipinski definition) is 3. The van der Waals surface area contributed by atoms with Crippen LogP contribution in [0.5, 0.6) is 0 Å². The third-order valence-corrected chi connectivity index (χ3v) is 5.55. The summed E-state index contributed by atoms with van der Waals surface area (Å²) in [6, 6.07) is 20.3. The molecule has 0 saturated carbocycles. The molecule has 140 valence electrons. The van der Waals surface area contributed by atoms with Crippen LogP contribution in [0.25, 0.3) is 0 Å². The summed E-state index contributed by atoms with van der Waals surface area (Å²) < 4.78 is 17.9. The van der Waals surface area contributed by atoms with E-state index < -0.39 is 10.8 Å². The third-order valence-electron chi connectivity index (χ3n) is 3.99. The van der Waals surface area contributed by atoms with Gasteiger partial charge in [0.2, 0.25) is 0 Å². The number of nitrogens with one attached hydrogen (secondary N) is 1. The molecule has 0 radical (unpaired) electrons. The van der Waals surface area contributed by atoms with Gasteiger partial charge >= 0.3 is 0 Å². The molecule has 1 amide bonds. The molecule has 27 heavy (non-hydrogen) atoms. The summed E-state index contributed by atoms with van der Waals surface area (Å²) in [5.74, 6) is 0.667. The summed E-state index contributed by atoms with van der Waals surface area (Å²) in [6.07, 6.45) is 1.76. The highest BCUT2D eigenvalue weighted by Crippen LogP contribution is 2.18. The fourth-order valence-corrected chi connectivity index (χ4v) is 3.95. The number of carbonyl (C=O) groups is 1. The molecule has 0 bridgehead atoms. The molecule has 0 saturated heterocycles. The van der Waals surface area contributed by atoms with E-state index in [1.807, 2.05) is 18.2 Å². The first kappa shape index (κ1) is 19.4. The van der Waals surface area contributed by atoms with Gasteiger partial charge < -0.3 is 9.73 Å². The van der Waals surface area contributed by atoms with E-state index in [2.05, 4.69) is 17.4 Å². The molecular weight excluding hydrogens is 382 g/mol. The van der Waals surface area contributed by atoms with Crippen LogP contribution in [0.3, 0.4) is 0 Å². The van der Waals surface area contributed by atoms with Crippen LogP contribution < -0.4 is 5.32 Å². The fourth-order valence-electron chi connectivity index (χ4n) is 2.62. The Kier molecular flexibility index (Phi) is 6.85. The molecule has 2 aromatic carbocycles. The van der Waals surface area contributed by atoms with E-state index in [1.165, 1.54) is 5.56 Å². The summed E-state index contributed by atoms with van der Waals surface area (Å²) in [7, 11) is -1.28. The Labute approximate surface area is 166 Å². The van der Waals surface area contributed by atoms with Gasteiger partial charge in [-0.1, -0.05) is 48.0 Å². The smallest absolute Gasteiger partial charge is 0.286 e. The Balaban J connectivity index is 1.48. The first-order valence-corrected chi connectivity index (χ1v) is 10.4. The van der Waals surface area contributed by atoms with Crippen molar-refractivity contribution in [2.24, 2.45) is 0 Å². The van der Waals surface area contributed by atoms with Gasteiger partial charge in [-0.2, -0.15) is 0 Å². The van der Waals surface area contributed by atoms with E-state index in [-0.39, 0.29) is 17.4 Å². The minimum atomic E-state index is -1.28. The first-order valence-electron chi connectivity index (χ1n) is 8.66. The number of benzene rings is 2. The average molecular weight is 402 g/mol. The number of furan rings is 1. The van der Waals surface area contributed by atoms with E-state index in [0.717, 1.165) is 12.8 Å². The normalized spacial score (nSPS) is 11.9. The maximum Gasteiger partial charge on any atom is 0.286 e. The van der Waals surface area contributed by atoms with Crippen molar-refractivity contribution in [2.45, 2.75) is 23.5 Å². The SMILES string of the molecule is O=C(NCCCc1ccccc1)c1ccc(C[S@@](=O)c2cccc(Cl)c2)o1. The Morgan fingerprint density at radius 3 is 2.63 bits per heavy atom. The Bertz CT molecular complexity index is 924. The topological polar surface area (TPSA) is 59.3 Å². The second-order valence-electron chi connectivity index (χ2n) is 6.06. The highest BCUT2D eigenvalue weighted by molar-refractivity contribution is 7.84. The summed E-state index contributed by atoms with van der Waals surface area (Å²) in [5, 5.41) is 3.39. The van der Waals surface area contributed by atoms with Crippen LogP contribution in [0.1, 0.15) is 28.3 Å². The molecule has 4 nitrogen and oxygen atoms in total. The van der Waals surface area contributed by atoms with Gasteiger partial charge in [0.05, 0.1) is 16.6 Å². The predicted octanol–water partition coefficient (Wildman–Crippen LogP) is 4.60. The molecule has 6 heteroatoms. The lowest BCUT2D eigenvalue weighted by molar-refractivity contribution is 0.0924. The van der Waals surface area contributed by atoms with Gasteiger partial charge in [-0.05, 0) is 48.7 Å². The molecule has 0 unspecified atom stereocenters. The van der Waals surface area contributed by atoms with Crippen LogP contribution in [0, 0.1) is 0 Å². The van der Waals surface area contributed by atoms with Crippen molar-refractivity contribution in [1.82, 2.24) is 5.32 Å². The molecule has 3 aromatic rings. The quantitative estimate of drug-likeness (QED) is 0.561. The predicted molar refractivity (Wildman–Crippen MR) is 107 cm³/mol.